The fourth-order valence-electron chi connectivity index (χ4n) is 1.91. The van der Waals surface area contributed by atoms with E-state index in [0.29, 0.717) is 0 Å². The van der Waals surface area contributed by atoms with Crippen molar-refractivity contribution in [2.24, 2.45) is 0 Å². The smallest absolute Gasteiger partial charge is 0.136 e. The minimum absolute atomic E-state index is 0.0530. The number of aromatic nitrogens is 2. The third-order valence-corrected chi connectivity index (χ3v) is 3.93. The summed E-state index contributed by atoms with van der Waals surface area (Å²) in [5.41, 5.74) is 2.17. The van der Waals surface area contributed by atoms with Crippen molar-refractivity contribution in [3.05, 3.63) is 28.2 Å². The predicted octanol–water partition coefficient (Wildman–Crippen LogP) is 4.63. The first-order chi connectivity index (χ1) is 9.41. The Morgan fingerprint density at radius 1 is 1.25 bits per heavy atom. The Bertz CT molecular complexity index is 582. The molecule has 0 bridgehead atoms. The van der Waals surface area contributed by atoms with Gasteiger partial charge in [-0.25, -0.2) is 9.97 Å². The summed E-state index contributed by atoms with van der Waals surface area (Å²) >= 11 is 1.76. The van der Waals surface area contributed by atoms with E-state index < -0.39 is 0 Å². The van der Waals surface area contributed by atoms with E-state index in [9.17, 15) is 0 Å². The third-order valence-electron chi connectivity index (χ3n) is 3.09. The molecular formula is C16H23N3S. The quantitative estimate of drug-likeness (QED) is 0.891. The average molecular weight is 289 g/mol. The van der Waals surface area contributed by atoms with E-state index in [0.717, 1.165) is 30.3 Å². The number of rotatable bonds is 4. The minimum Gasteiger partial charge on any atom is -0.370 e. The molecule has 2 heterocycles. The van der Waals surface area contributed by atoms with Gasteiger partial charge in [-0.1, -0.05) is 27.7 Å². The zero-order valence-corrected chi connectivity index (χ0v) is 13.8. The van der Waals surface area contributed by atoms with Gasteiger partial charge >= 0.3 is 0 Å². The summed E-state index contributed by atoms with van der Waals surface area (Å²) in [4.78, 5) is 10.7. The molecule has 0 fully saturated rings. The Hall–Kier alpha value is -1.42. The van der Waals surface area contributed by atoms with Crippen molar-refractivity contribution in [1.29, 1.82) is 0 Å². The number of nitrogens with one attached hydrogen (secondary N) is 1. The van der Waals surface area contributed by atoms with Crippen LogP contribution >= 0.6 is 11.3 Å². The Morgan fingerprint density at radius 2 is 2.00 bits per heavy atom. The van der Waals surface area contributed by atoms with Crippen molar-refractivity contribution in [1.82, 2.24) is 9.97 Å². The summed E-state index contributed by atoms with van der Waals surface area (Å²) in [6.45, 7) is 11.7. The summed E-state index contributed by atoms with van der Waals surface area (Å²) < 4.78 is 0. The maximum Gasteiger partial charge on any atom is 0.136 e. The lowest BCUT2D eigenvalue weighted by Gasteiger charge is -2.19. The molecular weight excluding hydrogens is 266 g/mol. The van der Waals surface area contributed by atoms with E-state index in [1.54, 1.807) is 11.3 Å². The zero-order valence-electron chi connectivity index (χ0n) is 12.9. The van der Waals surface area contributed by atoms with Crippen LogP contribution in [0.3, 0.4) is 0 Å². The molecule has 20 heavy (non-hydrogen) atoms. The number of aryl methyl sites for hydroxylation is 1. The molecule has 2 rings (SSSR count). The molecule has 0 aromatic carbocycles. The molecule has 4 heteroatoms. The van der Waals surface area contributed by atoms with E-state index in [2.05, 4.69) is 62.4 Å². The van der Waals surface area contributed by atoms with Crippen molar-refractivity contribution in [2.45, 2.75) is 46.5 Å². The van der Waals surface area contributed by atoms with Crippen LogP contribution in [0, 0.1) is 6.92 Å². The first-order valence-corrected chi connectivity index (χ1v) is 7.97. The van der Waals surface area contributed by atoms with Crippen LogP contribution in [-0.2, 0) is 5.41 Å². The Labute approximate surface area is 125 Å². The van der Waals surface area contributed by atoms with Gasteiger partial charge in [0.1, 0.15) is 11.6 Å². The van der Waals surface area contributed by atoms with Crippen LogP contribution in [0.2, 0.25) is 0 Å². The third kappa shape index (κ3) is 3.37. The minimum atomic E-state index is -0.0530. The normalized spacial score (nSPS) is 11.7. The molecule has 108 valence electrons. The highest BCUT2D eigenvalue weighted by molar-refractivity contribution is 7.10. The van der Waals surface area contributed by atoms with Gasteiger partial charge in [-0.15, -0.1) is 11.3 Å². The zero-order chi connectivity index (χ0) is 14.8. The fraction of sp³-hybridized carbons (Fsp3) is 0.500. The van der Waals surface area contributed by atoms with Crippen LogP contribution in [0.5, 0.6) is 0 Å². The summed E-state index contributed by atoms with van der Waals surface area (Å²) in [6.07, 6.45) is 1.08. The standard InChI is InChI=1S/C16H23N3S/c1-6-8-17-14-10-13(12-7-9-20-11(12)2)18-15(19-14)16(3,4)5/h7,9-10H,6,8H2,1-5H3,(H,17,18,19). The predicted molar refractivity (Wildman–Crippen MR) is 87.6 cm³/mol. The molecule has 2 aromatic rings. The monoisotopic (exact) mass is 289 g/mol. The van der Waals surface area contributed by atoms with Crippen LogP contribution in [0.1, 0.15) is 44.8 Å². The molecule has 0 radical (unpaired) electrons. The lowest BCUT2D eigenvalue weighted by molar-refractivity contribution is 0.546. The highest BCUT2D eigenvalue weighted by Crippen LogP contribution is 2.29. The van der Waals surface area contributed by atoms with Crippen molar-refractivity contribution in [3.63, 3.8) is 0 Å². The SMILES string of the molecule is CCCNc1cc(-c2ccsc2C)nc(C(C)(C)C)n1. The molecule has 0 amide bonds. The largest absolute Gasteiger partial charge is 0.370 e. The molecule has 0 atom stereocenters. The van der Waals surface area contributed by atoms with Crippen molar-refractivity contribution in [3.8, 4) is 11.3 Å². The first-order valence-electron chi connectivity index (χ1n) is 7.09. The van der Waals surface area contributed by atoms with Crippen molar-refractivity contribution < 1.29 is 0 Å². The van der Waals surface area contributed by atoms with Crippen LogP contribution < -0.4 is 5.32 Å². The molecule has 0 aliphatic carbocycles. The molecule has 2 aromatic heterocycles. The lowest BCUT2D eigenvalue weighted by Crippen LogP contribution is -2.18. The maximum absolute atomic E-state index is 4.77. The van der Waals surface area contributed by atoms with Crippen LogP contribution in [0.25, 0.3) is 11.3 Å². The van der Waals surface area contributed by atoms with Gasteiger partial charge in [0.15, 0.2) is 0 Å². The molecule has 0 saturated carbocycles. The molecule has 0 spiro atoms. The first kappa shape index (κ1) is 15.0. The van der Waals surface area contributed by atoms with Gasteiger partial charge < -0.3 is 5.32 Å². The van der Waals surface area contributed by atoms with Gasteiger partial charge in [0.2, 0.25) is 0 Å². The van der Waals surface area contributed by atoms with Crippen molar-refractivity contribution >= 4 is 17.2 Å². The molecule has 1 N–H and O–H groups in total. The summed E-state index contributed by atoms with van der Waals surface area (Å²) in [5, 5.41) is 5.49. The highest BCUT2D eigenvalue weighted by Gasteiger charge is 2.20. The number of anilines is 1. The Balaban J connectivity index is 2.48. The van der Waals surface area contributed by atoms with Gasteiger partial charge in [-0.3, -0.25) is 0 Å². The highest BCUT2D eigenvalue weighted by atomic mass is 32.1. The van der Waals surface area contributed by atoms with E-state index >= 15 is 0 Å². The topological polar surface area (TPSA) is 37.8 Å². The molecule has 0 saturated heterocycles. The summed E-state index contributed by atoms with van der Waals surface area (Å²) in [6, 6.07) is 4.19. The number of hydrogen-bond acceptors (Lipinski definition) is 4. The summed E-state index contributed by atoms with van der Waals surface area (Å²) in [7, 11) is 0. The second-order valence-electron chi connectivity index (χ2n) is 6.03. The second-order valence-corrected chi connectivity index (χ2v) is 7.15. The number of hydrogen-bond donors (Lipinski definition) is 1. The van der Waals surface area contributed by atoms with Crippen LogP contribution in [0.4, 0.5) is 5.82 Å². The second kappa shape index (κ2) is 5.92. The molecule has 0 unspecified atom stereocenters. The maximum atomic E-state index is 4.77. The van der Waals surface area contributed by atoms with E-state index in [1.165, 1.54) is 10.4 Å². The molecule has 0 aliphatic rings. The van der Waals surface area contributed by atoms with Crippen LogP contribution in [0.15, 0.2) is 17.5 Å². The molecule has 3 nitrogen and oxygen atoms in total. The van der Waals surface area contributed by atoms with Crippen molar-refractivity contribution in [2.75, 3.05) is 11.9 Å². The number of nitrogens with zero attached hydrogens (tertiary/aromatic N) is 2. The van der Waals surface area contributed by atoms with E-state index in [-0.39, 0.29) is 5.41 Å². The van der Waals surface area contributed by atoms with Gasteiger partial charge in [0.05, 0.1) is 5.69 Å². The van der Waals surface area contributed by atoms with Gasteiger partial charge in [-0.2, -0.15) is 0 Å². The lowest BCUT2D eigenvalue weighted by atomic mass is 9.95. The Morgan fingerprint density at radius 3 is 2.55 bits per heavy atom. The van der Waals surface area contributed by atoms with Gasteiger partial charge in [0, 0.05) is 28.5 Å². The van der Waals surface area contributed by atoms with Crippen LogP contribution in [-0.4, -0.2) is 16.5 Å². The Kier molecular flexibility index (Phi) is 4.43. The van der Waals surface area contributed by atoms with E-state index in [4.69, 9.17) is 4.98 Å². The van der Waals surface area contributed by atoms with E-state index in [1.807, 2.05) is 0 Å². The number of thiophene rings is 1. The summed E-state index contributed by atoms with van der Waals surface area (Å²) in [5.74, 6) is 1.81. The van der Waals surface area contributed by atoms with Gasteiger partial charge in [-0.05, 0) is 24.8 Å². The molecule has 0 aliphatic heterocycles. The average Bonchev–Trinajstić information content (AvgIpc) is 2.81. The van der Waals surface area contributed by atoms with Gasteiger partial charge in [0.25, 0.3) is 0 Å². The fourth-order valence-corrected chi connectivity index (χ4v) is 2.62.